The molecule has 1 fully saturated rings. The minimum Gasteiger partial charge on any atom is -0.336 e. The maximum atomic E-state index is 11.6. The number of hydrogen-bond donors (Lipinski definition) is 1. The molecule has 0 aromatic carbocycles. The molecule has 3 nitrogen and oxygen atoms in total. The van der Waals surface area contributed by atoms with Gasteiger partial charge in [-0.3, -0.25) is 4.79 Å². The Morgan fingerprint density at radius 2 is 2.23 bits per heavy atom. The Balaban J connectivity index is 2.77. The van der Waals surface area contributed by atoms with E-state index in [0.717, 1.165) is 19.4 Å². The first-order chi connectivity index (χ1) is 6.00. The molecule has 1 heterocycles. The summed E-state index contributed by atoms with van der Waals surface area (Å²) in [7, 11) is 0. The van der Waals surface area contributed by atoms with Crippen molar-refractivity contribution in [1.82, 2.24) is 4.90 Å². The number of rotatable bonds is 1. The highest BCUT2D eigenvalue weighted by Gasteiger charge is 2.38. The Hall–Kier alpha value is -0.570. The lowest BCUT2D eigenvalue weighted by molar-refractivity contribution is -0.138. The van der Waals surface area contributed by atoms with Gasteiger partial charge in [0.15, 0.2) is 0 Å². The highest BCUT2D eigenvalue weighted by Crippen LogP contribution is 2.26. The average molecular weight is 184 g/mol. The van der Waals surface area contributed by atoms with Crippen LogP contribution in [0, 0.1) is 0 Å². The monoisotopic (exact) mass is 184 g/mol. The van der Waals surface area contributed by atoms with Crippen molar-refractivity contribution >= 4 is 5.91 Å². The lowest BCUT2D eigenvalue weighted by Crippen LogP contribution is -2.61. The summed E-state index contributed by atoms with van der Waals surface area (Å²) in [6, 6.07) is 0.122. The van der Waals surface area contributed by atoms with Gasteiger partial charge in [0.1, 0.15) is 0 Å². The maximum Gasteiger partial charge on any atom is 0.222 e. The Bertz CT molecular complexity index is 201. The molecule has 76 valence electrons. The van der Waals surface area contributed by atoms with Crippen molar-refractivity contribution in [3.05, 3.63) is 0 Å². The Morgan fingerprint density at radius 3 is 2.77 bits per heavy atom. The van der Waals surface area contributed by atoms with Crippen molar-refractivity contribution in [3.8, 4) is 0 Å². The fourth-order valence-corrected chi connectivity index (χ4v) is 1.95. The van der Waals surface area contributed by atoms with Gasteiger partial charge in [-0.2, -0.15) is 0 Å². The van der Waals surface area contributed by atoms with Gasteiger partial charge in [-0.1, -0.05) is 6.92 Å². The van der Waals surface area contributed by atoms with Crippen LogP contribution in [-0.4, -0.2) is 28.9 Å². The molecule has 0 aromatic heterocycles. The molecule has 2 N–H and O–H groups in total. The number of likely N-dealkylation sites (tertiary alicyclic amines) is 1. The molecule has 0 radical (unpaired) electrons. The number of piperidine rings is 1. The average Bonchev–Trinajstić information content (AvgIpc) is 2.08. The normalized spacial score (nSPS) is 27.4. The SMILES string of the molecule is CCC(=O)N1CCCC(N)C1(C)C. The van der Waals surface area contributed by atoms with E-state index < -0.39 is 0 Å². The number of amides is 1. The molecule has 13 heavy (non-hydrogen) atoms. The topological polar surface area (TPSA) is 46.3 Å². The van der Waals surface area contributed by atoms with Crippen LogP contribution in [0.4, 0.5) is 0 Å². The van der Waals surface area contributed by atoms with Crippen molar-refractivity contribution in [2.24, 2.45) is 5.73 Å². The van der Waals surface area contributed by atoms with Crippen LogP contribution in [0.3, 0.4) is 0 Å². The predicted octanol–water partition coefficient (Wildman–Crippen LogP) is 1.12. The molecule has 1 amide bonds. The van der Waals surface area contributed by atoms with E-state index in [4.69, 9.17) is 5.73 Å². The van der Waals surface area contributed by atoms with Crippen LogP contribution in [0.5, 0.6) is 0 Å². The van der Waals surface area contributed by atoms with Crippen LogP contribution >= 0.6 is 0 Å². The van der Waals surface area contributed by atoms with E-state index in [0.29, 0.717) is 6.42 Å². The molecule has 0 bridgehead atoms. The van der Waals surface area contributed by atoms with Gasteiger partial charge < -0.3 is 10.6 Å². The molecule has 0 aliphatic carbocycles. The summed E-state index contributed by atoms with van der Waals surface area (Å²) in [6.07, 6.45) is 2.65. The van der Waals surface area contributed by atoms with Crippen LogP contribution in [0.2, 0.25) is 0 Å². The fraction of sp³-hybridized carbons (Fsp3) is 0.900. The van der Waals surface area contributed by atoms with E-state index >= 15 is 0 Å². The molecule has 1 unspecified atom stereocenters. The van der Waals surface area contributed by atoms with Gasteiger partial charge in [0.2, 0.25) is 5.91 Å². The minimum absolute atomic E-state index is 0.122. The third kappa shape index (κ3) is 1.85. The largest absolute Gasteiger partial charge is 0.336 e. The van der Waals surface area contributed by atoms with Crippen molar-refractivity contribution in [2.45, 2.75) is 51.6 Å². The van der Waals surface area contributed by atoms with E-state index in [-0.39, 0.29) is 17.5 Å². The Morgan fingerprint density at radius 1 is 1.62 bits per heavy atom. The number of nitrogens with zero attached hydrogens (tertiary/aromatic N) is 1. The lowest BCUT2D eigenvalue weighted by atomic mass is 9.85. The van der Waals surface area contributed by atoms with Crippen LogP contribution in [0.1, 0.15) is 40.0 Å². The van der Waals surface area contributed by atoms with Gasteiger partial charge >= 0.3 is 0 Å². The molecule has 0 spiro atoms. The fourth-order valence-electron chi connectivity index (χ4n) is 1.95. The van der Waals surface area contributed by atoms with Gasteiger partial charge in [0.25, 0.3) is 0 Å². The van der Waals surface area contributed by atoms with Crippen LogP contribution in [0.25, 0.3) is 0 Å². The standard InChI is InChI=1S/C10H20N2O/c1-4-9(13)12-7-5-6-8(11)10(12,2)3/h8H,4-7,11H2,1-3H3. The molecule has 0 aromatic rings. The van der Waals surface area contributed by atoms with E-state index in [2.05, 4.69) is 13.8 Å². The van der Waals surface area contributed by atoms with E-state index in [1.807, 2.05) is 11.8 Å². The van der Waals surface area contributed by atoms with E-state index in [9.17, 15) is 4.79 Å². The first-order valence-corrected chi connectivity index (χ1v) is 5.06. The van der Waals surface area contributed by atoms with Gasteiger partial charge in [0, 0.05) is 19.0 Å². The summed E-state index contributed by atoms with van der Waals surface area (Å²) in [4.78, 5) is 13.5. The minimum atomic E-state index is -0.161. The third-order valence-corrected chi connectivity index (χ3v) is 3.10. The molecule has 3 heteroatoms. The van der Waals surface area contributed by atoms with Crippen LogP contribution in [-0.2, 0) is 4.79 Å². The number of nitrogens with two attached hydrogens (primary N) is 1. The Kier molecular flexibility index (Phi) is 2.96. The quantitative estimate of drug-likeness (QED) is 0.664. The first-order valence-electron chi connectivity index (χ1n) is 5.06. The zero-order chi connectivity index (χ0) is 10.1. The molecule has 1 saturated heterocycles. The maximum absolute atomic E-state index is 11.6. The summed E-state index contributed by atoms with van der Waals surface area (Å²) in [5.41, 5.74) is 5.84. The highest BCUT2D eigenvalue weighted by molar-refractivity contribution is 5.76. The van der Waals surface area contributed by atoms with Crippen LogP contribution < -0.4 is 5.73 Å². The predicted molar refractivity (Wildman–Crippen MR) is 53.3 cm³/mol. The Labute approximate surface area is 80.3 Å². The highest BCUT2D eigenvalue weighted by atomic mass is 16.2. The summed E-state index contributed by atoms with van der Waals surface area (Å²) in [5, 5.41) is 0. The summed E-state index contributed by atoms with van der Waals surface area (Å²) >= 11 is 0. The third-order valence-electron chi connectivity index (χ3n) is 3.10. The molecule has 1 atom stereocenters. The molecule has 1 aliphatic rings. The van der Waals surface area contributed by atoms with Crippen molar-refractivity contribution < 1.29 is 4.79 Å². The molecular formula is C10H20N2O. The second-order valence-corrected chi connectivity index (χ2v) is 4.30. The van der Waals surface area contributed by atoms with Gasteiger partial charge in [0.05, 0.1) is 5.54 Å². The second-order valence-electron chi connectivity index (χ2n) is 4.30. The van der Waals surface area contributed by atoms with Gasteiger partial charge in [-0.15, -0.1) is 0 Å². The molecule has 0 saturated carbocycles. The summed E-state index contributed by atoms with van der Waals surface area (Å²) in [6.45, 7) is 6.89. The van der Waals surface area contributed by atoms with Crippen molar-refractivity contribution in [1.29, 1.82) is 0 Å². The first kappa shape index (κ1) is 10.5. The van der Waals surface area contributed by atoms with Crippen LogP contribution in [0.15, 0.2) is 0 Å². The van der Waals surface area contributed by atoms with Gasteiger partial charge in [-0.25, -0.2) is 0 Å². The van der Waals surface area contributed by atoms with E-state index in [1.54, 1.807) is 0 Å². The van der Waals surface area contributed by atoms with Gasteiger partial charge in [-0.05, 0) is 26.7 Å². The summed E-state index contributed by atoms with van der Waals surface area (Å²) < 4.78 is 0. The molecule has 1 rings (SSSR count). The molecule has 1 aliphatic heterocycles. The number of carbonyl (C=O) groups excluding carboxylic acids is 1. The number of carbonyl (C=O) groups is 1. The second kappa shape index (κ2) is 3.66. The zero-order valence-electron chi connectivity index (χ0n) is 8.84. The molecular weight excluding hydrogens is 164 g/mol. The zero-order valence-corrected chi connectivity index (χ0v) is 8.84. The smallest absolute Gasteiger partial charge is 0.222 e. The summed E-state index contributed by atoms with van der Waals surface area (Å²) in [5.74, 6) is 0.222. The van der Waals surface area contributed by atoms with Crippen molar-refractivity contribution in [3.63, 3.8) is 0 Å². The van der Waals surface area contributed by atoms with Crippen molar-refractivity contribution in [2.75, 3.05) is 6.54 Å². The van der Waals surface area contributed by atoms with E-state index in [1.165, 1.54) is 0 Å². The number of hydrogen-bond acceptors (Lipinski definition) is 2. The lowest BCUT2D eigenvalue weighted by Gasteiger charge is -2.46.